The van der Waals surface area contributed by atoms with E-state index in [1.165, 1.54) is 4.90 Å². The number of anilines is 2. The number of methoxy groups -OCH3 is 1. The highest BCUT2D eigenvalue weighted by atomic mass is 16.5. The summed E-state index contributed by atoms with van der Waals surface area (Å²) >= 11 is 0. The van der Waals surface area contributed by atoms with E-state index in [0.29, 0.717) is 53.4 Å². The summed E-state index contributed by atoms with van der Waals surface area (Å²) in [5.74, 6) is 0.628. The molecule has 12 nitrogen and oxygen atoms in total. The monoisotopic (exact) mass is 476 g/mol. The summed E-state index contributed by atoms with van der Waals surface area (Å²) in [6.45, 7) is 3.07. The summed E-state index contributed by atoms with van der Waals surface area (Å²) in [5.41, 5.74) is 1.02. The number of carbonyl (C=O) groups is 1. The van der Waals surface area contributed by atoms with E-state index in [-0.39, 0.29) is 12.2 Å². The van der Waals surface area contributed by atoms with Gasteiger partial charge >= 0.3 is 0 Å². The molecular formula is C23H24N8O4. The Morgan fingerprint density at radius 3 is 2.69 bits per heavy atom. The summed E-state index contributed by atoms with van der Waals surface area (Å²) in [7, 11) is 3.22. The second-order valence-electron chi connectivity index (χ2n) is 8.10. The van der Waals surface area contributed by atoms with Gasteiger partial charge in [-0.25, -0.2) is 19.6 Å². The lowest BCUT2D eigenvalue weighted by Crippen LogP contribution is -2.35. The first kappa shape index (κ1) is 22.5. The minimum Gasteiger partial charge on any atom is -0.480 e. The largest absolute Gasteiger partial charge is 0.480 e. The van der Waals surface area contributed by atoms with Gasteiger partial charge in [0, 0.05) is 38.8 Å². The average Bonchev–Trinajstić information content (AvgIpc) is 3.60. The first-order valence-corrected chi connectivity index (χ1v) is 11.1. The number of nitrogens with one attached hydrogen (secondary N) is 1. The molecule has 4 aromatic rings. The van der Waals surface area contributed by atoms with Crippen LogP contribution in [0.4, 0.5) is 11.6 Å². The maximum Gasteiger partial charge on any atom is 0.262 e. The Morgan fingerprint density at radius 1 is 1.20 bits per heavy atom. The molecule has 1 saturated heterocycles. The van der Waals surface area contributed by atoms with Crippen LogP contribution < -0.4 is 10.1 Å². The summed E-state index contributed by atoms with van der Waals surface area (Å²) in [6.07, 6.45) is 3.52. The molecule has 1 fully saturated rings. The van der Waals surface area contributed by atoms with Gasteiger partial charge in [-0.1, -0.05) is 11.2 Å². The number of hydrogen-bond donors (Lipinski definition) is 2. The van der Waals surface area contributed by atoms with Gasteiger partial charge in [-0.2, -0.15) is 5.10 Å². The summed E-state index contributed by atoms with van der Waals surface area (Å²) in [5, 5.41) is 22.3. The molecule has 5 heterocycles. The lowest BCUT2D eigenvalue weighted by Gasteiger charge is -2.16. The molecule has 0 saturated carbocycles. The first-order valence-electron chi connectivity index (χ1n) is 11.1. The van der Waals surface area contributed by atoms with Crippen LogP contribution in [0.25, 0.3) is 22.8 Å². The number of pyridine rings is 1. The molecule has 12 heteroatoms. The van der Waals surface area contributed by atoms with Crippen LogP contribution in [-0.4, -0.2) is 66.5 Å². The van der Waals surface area contributed by atoms with Crippen LogP contribution in [0, 0.1) is 0 Å². The maximum absolute atomic E-state index is 12.4. The summed E-state index contributed by atoms with van der Waals surface area (Å²) in [6, 6.07) is 8.69. The van der Waals surface area contributed by atoms with E-state index in [9.17, 15) is 9.90 Å². The molecule has 0 bridgehead atoms. The molecule has 1 aliphatic rings. The van der Waals surface area contributed by atoms with Gasteiger partial charge < -0.3 is 24.6 Å². The number of aromatic nitrogens is 6. The van der Waals surface area contributed by atoms with Crippen molar-refractivity contribution in [2.45, 2.75) is 25.5 Å². The number of likely N-dealkylation sites (N-methyl/N-ethyl adjacent to an activating group) is 1. The molecule has 0 spiro atoms. The van der Waals surface area contributed by atoms with Crippen LogP contribution in [0.5, 0.6) is 5.88 Å². The highest BCUT2D eigenvalue weighted by molar-refractivity contribution is 5.87. The predicted molar refractivity (Wildman–Crippen MR) is 125 cm³/mol. The van der Waals surface area contributed by atoms with E-state index in [2.05, 4.69) is 30.5 Å². The fourth-order valence-electron chi connectivity index (χ4n) is 3.98. The smallest absolute Gasteiger partial charge is 0.262 e. The first-order chi connectivity index (χ1) is 16.9. The van der Waals surface area contributed by atoms with Crippen molar-refractivity contribution in [3.8, 4) is 28.7 Å². The van der Waals surface area contributed by atoms with Crippen molar-refractivity contribution in [2.75, 3.05) is 26.0 Å². The molecule has 1 atom stereocenters. The van der Waals surface area contributed by atoms with Crippen molar-refractivity contribution in [3.63, 3.8) is 0 Å². The van der Waals surface area contributed by atoms with Gasteiger partial charge in [-0.05, 0) is 25.1 Å². The van der Waals surface area contributed by atoms with Crippen LogP contribution in [0.1, 0.15) is 19.1 Å². The van der Waals surface area contributed by atoms with Crippen molar-refractivity contribution in [1.82, 2.24) is 34.8 Å². The highest BCUT2D eigenvalue weighted by Crippen LogP contribution is 2.34. The Morgan fingerprint density at radius 2 is 1.97 bits per heavy atom. The van der Waals surface area contributed by atoms with Gasteiger partial charge in [0.15, 0.2) is 5.76 Å². The van der Waals surface area contributed by atoms with Gasteiger partial charge in [-0.3, -0.25) is 4.79 Å². The summed E-state index contributed by atoms with van der Waals surface area (Å²) < 4.78 is 12.5. The fraction of sp³-hybridized carbons (Fsp3) is 0.304. The quantitative estimate of drug-likeness (QED) is 0.407. The Labute approximate surface area is 200 Å². The van der Waals surface area contributed by atoms with E-state index < -0.39 is 11.5 Å². The molecule has 35 heavy (non-hydrogen) atoms. The molecule has 1 aliphatic heterocycles. The topological polar surface area (TPSA) is 144 Å². The predicted octanol–water partition coefficient (Wildman–Crippen LogP) is 2.21. The molecule has 0 unspecified atom stereocenters. The lowest BCUT2D eigenvalue weighted by molar-refractivity contribution is -0.144. The molecule has 180 valence electrons. The Balaban J connectivity index is 1.41. The van der Waals surface area contributed by atoms with E-state index in [1.807, 2.05) is 19.1 Å². The molecule has 0 aliphatic carbocycles. The van der Waals surface area contributed by atoms with E-state index in [4.69, 9.17) is 9.26 Å². The zero-order valence-electron chi connectivity index (χ0n) is 19.5. The second-order valence-corrected chi connectivity index (χ2v) is 8.10. The Bertz CT molecular complexity index is 1380. The van der Waals surface area contributed by atoms with Gasteiger partial charge in [0.25, 0.3) is 5.91 Å². The molecule has 5 rings (SSSR count). The van der Waals surface area contributed by atoms with Crippen molar-refractivity contribution < 1.29 is 19.2 Å². The molecule has 2 N–H and O–H groups in total. The van der Waals surface area contributed by atoms with Crippen molar-refractivity contribution >= 4 is 17.5 Å². The third-order valence-corrected chi connectivity index (χ3v) is 5.89. The Kier molecular flexibility index (Phi) is 5.65. The molecule has 0 aromatic carbocycles. The summed E-state index contributed by atoms with van der Waals surface area (Å²) in [4.78, 5) is 27.3. The van der Waals surface area contributed by atoms with Crippen molar-refractivity contribution in [2.24, 2.45) is 0 Å². The molecular weight excluding hydrogens is 452 g/mol. The number of carbonyl (C=O) groups excluding carboxylic acids is 1. The van der Waals surface area contributed by atoms with Gasteiger partial charge in [0.1, 0.15) is 11.4 Å². The van der Waals surface area contributed by atoms with Crippen molar-refractivity contribution in [3.05, 3.63) is 48.5 Å². The number of ether oxygens (including phenoxy) is 1. The second kappa shape index (κ2) is 8.80. The van der Waals surface area contributed by atoms with Crippen LogP contribution in [0.3, 0.4) is 0 Å². The zero-order valence-corrected chi connectivity index (χ0v) is 19.5. The number of aliphatic hydroxyl groups is 1. The normalized spacial score (nSPS) is 17.7. The van der Waals surface area contributed by atoms with Crippen LogP contribution in [0.15, 0.2) is 47.2 Å². The van der Waals surface area contributed by atoms with Gasteiger partial charge in [0.2, 0.25) is 17.4 Å². The minimum atomic E-state index is -1.71. The number of nitrogens with zero attached hydrogens (tertiary/aromatic N) is 7. The average molecular weight is 476 g/mol. The Hall–Kier alpha value is -4.32. The third-order valence-electron chi connectivity index (χ3n) is 5.89. The third kappa shape index (κ3) is 3.97. The highest BCUT2D eigenvalue weighted by Gasteiger charge is 2.48. The fourth-order valence-corrected chi connectivity index (χ4v) is 3.98. The van der Waals surface area contributed by atoms with Gasteiger partial charge in [0.05, 0.1) is 30.4 Å². The van der Waals surface area contributed by atoms with Crippen LogP contribution in [0.2, 0.25) is 0 Å². The van der Waals surface area contributed by atoms with E-state index in [0.717, 1.165) is 0 Å². The number of amides is 1. The van der Waals surface area contributed by atoms with E-state index >= 15 is 0 Å². The number of hydrogen-bond acceptors (Lipinski definition) is 10. The molecule has 1 amide bonds. The zero-order chi connectivity index (χ0) is 24.6. The molecule has 4 aromatic heterocycles. The lowest BCUT2D eigenvalue weighted by atomic mass is 9.98. The number of likely N-dealkylation sites (tertiary alicyclic amines) is 1. The molecule has 0 radical (unpaired) electrons. The van der Waals surface area contributed by atoms with Crippen molar-refractivity contribution in [1.29, 1.82) is 0 Å². The SMILES string of the molecule is CCn1ncc(Nc2nccc(-c3cccc(-c4cc([C@]5(O)CCN(C)C5=O)on4)n3)n2)c1OC. The maximum atomic E-state index is 12.4. The number of rotatable bonds is 7. The van der Waals surface area contributed by atoms with Gasteiger partial charge in [-0.15, -0.1) is 0 Å². The number of aryl methyl sites for hydroxylation is 1. The van der Waals surface area contributed by atoms with Crippen LogP contribution >= 0.6 is 0 Å². The minimum absolute atomic E-state index is 0.101. The van der Waals surface area contributed by atoms with E-state index in [1.54, 1.807) is 49.4 Å². The van der Waals surface area contributed by atoms with Crippen LogP contribution in [-0.2, 0) is 16.9 Å². The standard InChI is InChI=1S/C23H24N8O4/c1-4-31-20(34-3)18(13-25-31)28-22-24-10-8-16(27-22)14-6-5-7-15(26-14)17-12-19(35-29-17)23(33)9-11-30(2)21(23)32/h5-8,10,12-13,33H,4,9,11H2,1-3H3,(H,24,27,28)/t23-/m1/s1.